The van der Waals surface area contributed by atoms with Crippen LogP contribution in [0.1, 0.15) is 5.56 Å². The van der Waals surface area contributed by atoms with Gasteiger partial charge in [0.05, 0.1) is 12.4 Å². The average molecular weight is 900 g/mol. The smallest absolute Gasteiger partial charge is 0.200 e. The summed E-state index contributed by atoms with van der Waals surface area (Å²) in [7, 11) is 0. The van der Waals surface area contributed by atoms with E-state index in [-0.39, 0.29) is 0 Å². The van der Waals surface area contributed by atoms with E-state index in [1.807, 2.05) is 24.8 Å². The van der Waals surface area contributed by atoms with E-state index in [1.165, 1.54) is 16.3 Å². The molecule has 0 spiro atoms. The summed E-state index contributed by atoms with van der Waals surface area (Å²) in [4.78, 5) is 4.03. The molecule has 0 radical (unpaired) electrons. The molecule has 7 aromatic rings. The van der Waals surface area contributed by atoms with Crippen molar-refractivity contribution < 1.29 is 92.4 Å². The van der Waals surface area contributed by atoms with E-state index in [9.17, 15) is 52.7 Å². The number of aromatic nitrogens is 2. The van der Waals surface area contributed by atoms with Crippen LogP contribution in [0.3, 0.4) is 0 Å². The molecule has 0 aliphatic carbocycles. The van der Waals surface area contributed by atoms with Crippen molar-refractivity contribution >= 4 is 38.8 Å². The van der Waals surface area contributed by atoms with Gasteiger partial charge in [-0.3, -0.25) is 4.98 Å². The molecule has 0 unspecified atom stereocenters. The SMILES string of the molecule is Fc1c(F)c(F)c([B-](c2c(F)c(F)c(F)c(F)c2F)(c2c(F)c(F)c(F)c(F)c2F)c2c(F)c(F)c(F)c(F)c2F)c(F)c1F.c1ccc2c(C[n+]3ccncc3)cccc2c1. The summed E-state index contributed by atoms with van der Waals surface area (Å²) in [5.41, 5.74) is -13.0. The standard InChI is InChI=1S/C24BF20.C15H13N2/c26-5-1(6(27)14(35)21(42)13(5)34)25(2-7(28)15(36)22(43)16(37)8(2)29,3-9(30)17(38)23(44)18(39)10(3)31)4-11(32)19(40)24(45)20(41)12(4)33;1-2-7-15-13(4-1)5-3-6-14(15)12-17-10-8-16-9-11-17/h;1-11H,12H2/q-1;+1. The molecule has 1 heterocycles. The highest BCUT2D eigenvalue weighted by Gasteiger charge is 2.52. The summed E-state index contributed by atoms with van der Waals surface area (Å²) >= 11 is 0. The summed E-state index contributed by atoms with van der Waals surface area (Å²) in [5.74, 6) is -71.4. The van der Waals surface area contributed by atoms with Gasteiger partial charge in [0.1, 0.15) is 52.7 Å². The van der Waals surface area contributed by atoms with E-state index in [0.29, 0.717) is 0 Å². The van der Waals surface area contributed by atoms with E-state index >= 15 is 35.1 Å². The van der Waals surface area contributed by atoms with Crippen molar-refractivity contribution in [3.05, 3.63) is 189 Å². The summed E-state index contributed by atoms with van der Waals surface area (Å²) in [6, 6.07) is 14.9. The molecule has 0 aliphatic rings. The number of fused-ring (bicyclic) bond motifs is 1. The van der Waals surface area contributed by atoms with Crippen LogP contribution in [0.4, 0.5) is 87.8 Å². The van der Waals surface area contributed by atoms with Crippen LogP contribution < -0.4 is 26.4 Å². The Balaban J connectivity index is 0.000000311. The van der Waals surface area contributed by atoms with Gasteiger partial charge in [-0.15, -0.1) is 21.9 Å². The molecule has 322 valence electrons. The summed E-state index contributed by atoms with van der Waals surface area (Å²) in [6.07, 6.45) is 0.380. The second kappa shape index (κ2) is 16.6. The van der Waals surface area contributed by atoms with E-state index in [2.05, 4.69) is 52.0 Å². The first-order chi connectivity index (χ1) is 29.1. The monoisotopic (exact) mass is 900 g/mol. The largest absolute Gasteiger partial charge is 0.252 e. The Morgan fingerprint density at radius 2 is 0.613 bits per heavy atom. The van der Waals surface area contributed by atoms with Gasteiger partial charge in [-0.2, -0.15) is 4.57 Å². The molecular weight excluding hydrogens is 887 g/mol. The summed E-state index contributed by atoms with van der Waals surface area (Å²) in [6.45, 7) is 0.879. The van der Waals surface area contributed by atoms with Crippen LogP contribution in [0.2, 0.25) is 0 Å². The highest BCUT2D eigenvalue weighted by molar-refractivity contribution is 7.20. The van der Waals surface area contributed by atoms with Crippen LogP contribution in [0.5, 0.6) is 0 Å². The van der Waals surface area contributed by atoms with Gasteiger partial charge in [0.15, 0.2) is 88.7 Å². The second-order valence-corrected chi connectivity index (χ2v) is 12.9. The van der Waals surface area contributed by atoms with Gasteiger partial charge in [0.25, 0.3) is 0 Å². The van der Waals surface area contributed by atoms with Crippen LogP contribution in [0.15, 0.2) is 67.3 Å². The van der Waals surface area contributed by atoms with Crippen molar-refractivity contribution in [2.24, 2.45) is 0 Å². The number of nitrogens with zero attached hydrogens (tertiary/aromatic N) is 2. The topological polar surface area (TPSA) is 16.8 Å². The lowest BCUT2D eigenvalue weighted by Crippen LogP contribution is -2.81. The van der Waals surface area contributed by atoms with Crippen molar-refractivity contribution in [3.8, 4) is 0 Å². The maximum atomic E-state index is 15.4. The Morgan fingerprint density at radius 1 is 0.339 bits per heavy atom. The molecule has 0 amide bonds. The molecule has 0 saturated carbocycles. The highest BCUT2D eigenvalue weighted by Crippen LogP contribution is 2.31. The Bertz CT molecular complexity index is 2560. The molecule has 2 nitrogen and oxygen atoms in total. The number of benzene rings is 6. The fourth-order valence-electron chi connectivity index (χ4n) is 6.95. The lowest BCUT2D eigenvalue weighted by molar-refractivity contribution is -0.688. The quantitative estimate of drug-likeness (QED) is 0.0539. The minimum absolute atomic E-state index is 0.879. The zero-order chi connectivity index (χ0) is 45.9. The summed E-state index contributed by atoms with van der Waals surface area (Å²) < 4.78 is 296. The first-order valence-electron chi connectivity index (χ1n) is 16.6. The van der Waals surface area contributed by atoms with Gasteiger partial charge in [0, 0.05) is 5.56 Å². The van der Waals surface area contributed by atoms with Crippen molar-refractivity contribution in [1.29, 1.82) is 0 Å². The molecule has 0 bridgehead atoms. The van der Waals surface area contributed by atoms with Gasteiger partial charge < -0.3 is 0 Å². The molecule has 0 atom stereocenters. The van der Waals surface area contributed by atoms with Crippen LogP contribution in [0, 0.1) is 116 Å². The van der Waals surface area contributed by atoms with Crippen molar-refractivity contribution in [2.45, 2.75) is 6.54 Å². The Morgan fingerprint density at radius 3 is 0.935 bits per heavy atom. The molecule has 0 fully saturated rings. The minimum atomic E-state index is -7.22. The number of hydrogen-bond donors (Lipinski definition) is 0. The van der Waals surface area contributed by atoms with Gasteiger partial charge >= 0.3 is 0 Å². The third-order valence-corrected chi connectivity index (χ3v) is 9.63. The predicted octanol–water partition coefficient (Wildman–Crippen LogP) is 8.42. The normalized spacial score (nSPS) is 11.6. The number of rotatable bonds is 6. The van der Waals surface area contributed by atoms with E-state index in [4.69, 9.17) is 0 Å². The molecular formula is C39H13BF20N2. The second-order valence-electron chi connectivity index (χ2n) is 12.9. The Hall–Kier alpha value is -6.68. The van der Waals surface area contributed by atoms with Gasteiger partial charge in [0.2, 0.25) is 0 Å². The van der Waals surface area contributed by atoms with E-state index in [0.717, 1.165) is 6.54 Å². The molecule has 6 aromatic carbocycles. The van der Waals surface area contributed by atoms with Gasteiger partial charge in [-0.25, -0.2) is 87.8 Å². The molecule has 1 aromatic heterocycles. The zero-order valence-electron chi connectivity index (χ0n) is 29.6. The lowest BCUT2D eigenvalue weighted by atomic mass is 9.12. The van der Waals surface area contributed by atoms with Crippen LogP contribution in [-0.2, 0) is 6.54 Å². The van der Waals surface area contributed by atoms with E-state index in [1.54, 1.807) is 0 Å². The first-order valence-corrected chi connectivity index (χ1v) is 16.6. The third kappa shape index (κ3) is 6.82. The Kier molecular flexibility index (Phi) is 12.0. The minimum Gasteiger partial charge on any atom is -0.252 e. The van der Waals surface area contributed by atoms with Crippen molar-refractivity contribution in [1.82, 2.24) is 4.98 Å². The average Bonchev–Trinajstić information content (AvgIpc) is 3.27. The molecule has 23 heteroatoms. The number of halogens is 20. The highest BCUT2D eigenvalue weighted by atomic mass is 19.2. The molecule has 62 heavy (non-hydrogen) atoms. The Labute approximate surface area is 331 Å². The summed E-state index contributed by atoms with van der Waals surface area (Å²) in [5, 5.41) is 2.61. The number of hydrogen-bond acceptors (Lipinski definition) is 1. The van der Waals surface area contributed by atoms with Gasteiger partial charge in [-0.05, 0) is 10.8 Å². The fraction of sp³-hybridized carbons (Fsp3) is 0.0256. The van der Waals surface area contributed by atoms with Gasteiger partial charge in [-0.1, -0.05) is 42.5 Å². The van der Waals surface area contributed by atoms with Crippen LogP contribution >= 0.6 is 0 Å². The van der Waals surface area contributed by atoms with Crippen molar-refractivity contribution in [2.75, 3.05) is 0 Å². The maximum Gasteiger partial charge on any atom is 0.200 e. The fourth-order valence-corrected chi connectivity index (χ4v) is 6.95. The third-order valence-electron chi connectivity index (χ3n) is 9.63. The van der Waals surface area contributed by atoms with Crippen LogP contribution in [-0.4, -0.2) is 11.1 Å². The molecule has 0 aliphatic heterocycles. The van der Waals surface area contributed by atoms with Crippen molar-refractivity contribution in [3.63, 3.8) is 0 Å². The zero-order valence-corrected chi connectivity index (χ0v) is 29.6. The molecule has 7 rings (SSSR count). The molecule has 0 saturated heterocycles. The first kappa shape index (κ1) is 44.9. The maximum absolute atomic E-state index is 15.4. The van der Waals surface area contributed by atoms with E-state index < -0.39 is 144 Å². The lowest BCUT2D eigenvalue weighted by Gasteiger charge is -2.44. The van der Waals surface area contributed by atoms with Crippen LogP contribution in [0.25, 0.3) is 10.8 Å². The molecule has 0 N–H and O–H groups in total. The predicted molar refractivity (Wildman–Crippen MR) is 177 cm³/mol.